The zero-order valence-electron chi connectivity index (χ0n) is 18.8. The molecule has 0 radical (unpaired) electrons. The number of piperazine rings is 1. The number of anilines is 1. The second kappa shape index (κ2) is 8.53. The Bertz CT molecular complexity index is 1440. The van der Waals surface area contributed by atoms with Crippen LogP contribution in [0.1, 0.15) is 13.3 Å². The van der Waals surface area contributed by atoms with E-state index in [2.05, 4.69) is 31.8 Å². The number of carbonyl (C=O) groups excluding carboxylic acids is 1. The van der Waals surface area contributed by atoms with Crippen molar-refractivity contribution in [3.63, 3.8) is 0 Å². The molecular weight excluding hydrogens is 448 g/mol. The van der Waals surface area contributed by atoms with Gasteiger partial charge in [0.25, 0.3) is 0 Å². The average molecular weight is 473 g/mol. The number of benzene rings is 1. The van der Waals surface area contributed by atoms with E-state index in [9.17, 15) is 4.79 Å². The number of carbonyl (C=O) groups is 1. The van der Waals surface area contributed by atoms with Gasteiger partial charge in [0, 0.05) is 31.9 Å². The molecule has 0 spiro atoms. The maximum absolute atomic E-state index is 13.3. The van der Waals surface area contributed by atoms with Crippen LogP contribution in [0, 0.1) is 0 Å². The summed E-state index contributed by atoms with van der Waals surface area (Å²) in [6.07, 6.45) is 4.31. The van der Waals surface area contributed by atoms with E-state index in [1.165, 1.54) is 0 Å². The van der Waals surface area contributed by atoms with Gasteiger partial charge in [0.05, 0.1) is 22.9 Å². The zero-order chi connectivity index (χ0) is 23.1. The predicted molar refractivity (Wildman–Crippen MR) is 133 cm³/mol. The molecule has 1 amide bonds. The maximum Gasteiger partial charge on any atom is 0.242 e. The van der Waals surface area contributed by atoms with Crippen molar-refractivity contribution in [1.29, 1.82) is 0 Å². The fourth-order valence-electron chi connectivity index (χ4n) is 4.66. The third-order valence-corrected chi connectivity index (χ3v) is 7.29. The van der Waals surface area contributed by atoms with E-state index in [4.69, 9.17) is 4.98 Å². The Labute approximate surface area is 200 Å². The molecule has 0 unspecified atom stereocenters. The monoisotopic (exact) mass is 472 g/mol. The van der Waals surface area contributed by atoms with Gasteiger partial charge in [-0.2, -0.15) is 0 Å². The molecule has 10 heteroatoms. The fraction of sp³-hybridized carbons (Fsp3) is 0.292. The van der Waals surface area contributed by atoms with Crippen molar-refractivity contribution < 1.29 is 4.79 Å². The van der Waals surface area contributed by atoms with Crippen LogP contribution in [-0.4, -0.2) is 66.0 Å². The molecular formula is C24H24N8OS. The van der Waals surface area contributed by atoms with E-state index in [-0.39, 0.29) is 18.5 Å². The van der Waals surface area contributed by atoms with E-state index in [0.29, 0.717) is 6.54 Å². The van der Waals surface area contributed by atoms with Crippen molar-refractivity contribution >= 4 is 44.4 Å². The first-order valence-corrected chi connectivity index (χ1v) is 12.3. The molecule has 1 aromatic carbocycles. The van der Waals surface area contributed by atoms with Gasteiger partial charge in [-0.1, -0.05) is 19.1 Å². The molecule has 1 saturated heterocycles. The Hall–Kier alpha value is -3.79. The van der Waals surface area contributed by atoms with Gasteiger partial charge >= 0.3 is 0 Å². The molecule has 5 heterocycles. The number of H-pyrrole nitrogens is 1. The lowest BCUT2D eigenvalue weighted by molar-refractivity contribution is -0.134. The number of hydrogen-bond acceptors (Lipinski definition) is 7. The number of nitrogens with zero attached hydrogens (tertiary/aromatic N) is 7. The first-order chi connectivity index (χ1) is 16.7. The van der Waals surface area contributed by atoms with Crippen LogP contribution in [0.3, 0.4) is 0 Å². The van der Waals surface area contributed by atoms with Gasteiger partial charge < -0.3 is 19.4 Å². The van der Waals surface area contributed by atoms with Gasteiger partial charge in [-0.05, 0) is 30.7 Å². The molecule has 4 aromatic heterocycles. The van der Waals surface area contributed by atoms with Crippen molar-refractivity contribution in [2.75, 3.05) is 24.5 Å². The molecule has 6 rings (SSSR count). The number of pyridine rings is 1. The van der Waals surface area contributed by atoms with Gasteiger partial charge in [0.15, 0.2) is 11.5 Å². The van der Waals surface area contributed by atoms with E-state index in [0.717, 1.165) is 58.2 Å². The third kappa shape index (κ3) is 3.60. The molecule has 9 nitrogen and oxygen atoms in total. The molecule has 1 fully saturated rings. The van der Waals surface area contributed by atoms with Crippen molar-refractivity contribution in [2.24, 2.45) is 0 Å². The molecule has 1 atom stereocenters. The summed E-state index contributed by atoms with van der Waals surface area (Å²) in [7, 11) is 0. The van der Waals surface area contributed by atoms with Crippen molar-refractivity contribution in [2.45, 2.75) is 25.9 Å². The number of fused-ring (bicyclic) bond motifs is 2. The minimum absolute atomic E-state index is 0.0956. The van der Waals surface area contributed by atoms with Crippen LogP contribution >= 0.6 is 11.3 Å². The van der Waals surface area contributed by atoms with Crippen LogP contribution < -0.4 is 4.90 Å². The van der Waals surface area contributed by atoms with Crippen LogP contribution in [0.4, 0.5) is 5.00 Å². The Morgan fingerprint density at radius 3 is 2.88 bits per heavy atom. The van der Waals surface area contributed by atoms with Crippen LogP contribution in [-0.2, 0) is 11.3 Å². The number of hydrogen-bond donors (Lipinski definition) is 1. The standard InChI is InChI=1S/C24H24N8OS/c1-2-16-12-30(24-21(27-15-34-24)22-28-17-6-3-4-7-18(17)29-22)10-11-32(16)20(33)13-31-14-26-19-8-5-9-25-23(19)31/h3-9,14-16H,2,10-13H2,1H3,(H,28,29)/t16-/m1/s1. The minimum atomic E-state index is 0.0956. The molecule has 1 aliphatic rings. The summed E-state index contributed by atoms with van der Waals surface area (Å²) in [6.45, 7) is 4.56. The lowest BCUT2D eigenvalue weighted by Gasteiger charge is -2.41. The Morgan fingerprint density at radius 1 is 1.12 bits per heavy atom. The quantitative estimate of drug-likeness (QED) is 0.420. The summed E-state index contributed by atoms with van der Waals surface area (Å²) in [5, 5.41) is 1.09. The molecule has 1 aliphatic heterocycles. The predicted octanol–water partition coefficient (Wildman–Crippen LogP) is 3.56. The number of amides is 1. The number of aromatic amines is 1. The zero-order valence-corrected chi connectivity index (χ0v) is 19.6. The highest BCUT2D eigenvalue weighted by Gasteiger charge is 2.31. The molecule has 0 aliphatic carbocycles. The Balaban J connectivity index is 1.21. The topological polar surface area (TPSA) is 95.8 Å². The van der Waals surface area contributed by atoms with Gasteiger partial charge in [-0.15, -0.1) is 11.3 Å². The maximum atomic E-state index is 13.3. The third-order valence-electron chi connectivity index (χ3n) is 6.40. The van der Waals surface area contributed by atoms with Crippen molar-refractivity contribution in [1.82, 2.24) is 34.4 Å². The van der Waals surface area contributed by atoms with Gasteiger partial charge in [-0.25, -0.2) is 19.9 Å². The number of rotatable bonds is 5. The highest BCUT2D eigenvalue weighted by Crippen LogP contribution is 2.34. The number of imidazole rings is 2. The van der Waals surface area contributed by atoms with Crippen LogP contribution in [0.15, 0.2) is 54.4 Å². The summed E-state index contributed by atoms with van der Waals surface area (Å²) in [6, 6.07) is 11.9. The largest absolute Gasteiger partial charge is 0.358 e. The molecule has 1 N–H and O–H groups in total. The minimum Gasteiger partial charge on any atom is -0.358 e. The lowest BCUT2D eigenvalue weighted by atomic mass is 10.1. The summed E-state index contributed by atoms with van der Waals surface area (Å²) in [4.78, 5) is 39.1. The Morgan fingerprint density at radius 2 is 2.00 bits per heavy atom. The van der Waals surface area contributed by atoms with Crippen LogP contribution in [0.25, 0.3) is 33.7 Å². The normalized spacial score (nSPS) is 16.6. The number of thiazole rings is 1. The lowest BCUT2D eigenvalue weighted by Crippen LogP contribution is -2.55. The highest BCUT2D eigenvalue weighted by atomic mass is 32.1. The molecule has 34 heavy (non-hydrogen) atoms. The first kappa shape index (κ1) is 20.8. The molecule has 5 aromatic rings. The van der Waals surface area contributed by atoms with E-state index >= 15 is 0 Å². The van der Waals surface area contributed by atoms with E-state index < -0.39 is 0 Å². The van der Waals surface area contributed by atoms with Gasteiger partial charge in [-0.3, -0.25) is 4.79 Å². The fourth-order valence-corrected chi connectivity index (χ4v) is 5.49. The summed E-state index contributed by atoms with van der Waals surface area (Å²) >= 11 is 1.62. The number of aromatic nitrogens is 6. The first-order valence-electron chi connectivity index (χ1n) is 11.4. The molecule has 0 saturated carbocycles. The smallest absolute Gasteiger partial charge is 0.242 e. The van der Waals surface area contributed by atoms with E-state index in [1.807, 2.05) is 51.4 Å². The number of nitrogens with one attached hydrogen (secondary N) is 1. The molecule has 0 bridgehead atoms. The Kier molecular flexibility index (Phi) is 5.21. The number of para-hydroxylation sites is 2. The van der Waals surface area contributed by atoms with Crippen LogP contribution in [0.5, 0.6) is 0 Å². The average Bonchev–Trinajstić information content (AvgIpc) is 3.61. The summed E-state index contributed by atoms with van der Waals surface area (Å²) in [5.74, 6) is 0.877. The SMILES string of the molecule is CC[C@@H]1CN(c2scnc2-c2nc3ccccc3[nH]2)CCN1C(=O)Cn1cnc2cccnc21. The molecule has 172 valence electrons. The second-order valence-electron chi connectivity index (χ2n) is 8.42. The van der Waals surface area contributed by atoms with E-state index in [1.54, 1.807) is 23.9 Å². The van der Waals surface area contributed by atoms with Crippen LogP contribution in [0.2, 0.25) is 0 Å². The summed E-state index contributed by atoms with van der Waals surface area (Å²) in [5.41, 5.74) is 6.21. The van der Waals surface area contributed by atoms with Gasteiger partial charge in [0.2, 0.25) is 5.91 Å². The van der Waals surface area contributed by atoms with Gasteiger partial charge in [0.1, 0.15) is 22.8 Å². The van der Waals surface area contributed by atoms with Crippen molar-refractivity contribution in [3.8, 4) is 11.5 Å². The second-order valence-corrected chi connectivity index (χ2v) is 9.26. The highest BCUT2D eigenvalue weighted by molar-refractivity contribution is 7.14. The summed E-state index contributed by atoms with van der Waals surface area (Å²) < 4.78 is 1.83. The van der Waals surface area contributed by atoms with Crippen molar-refractivity contribution in [3.05, 3.63) is 54.4 Å².